The number of thioether (sulfide) groups is 1. The topological polar surface area (TPSA) is 20.3 Å². The summed E-state index contributed by atoms with van der Waals surface area (Å²) in [4.78, 5) is 14.0. The Kier molecular flexibility index (Phi) is 4.36. The SMILES string of the molecule is O=C1CS[C@H](c2c(Cl)cccc2Cl)N1c1ccc(Cl)cc1. The van der Waals surface area contributed by atoms with Crippen LogP contribution >= 0.6 is 46.6 Å². The predicted octanol–water partition coefficient (Wildman–Crippen LogP) is 5.43. The number of benzene rings is 2. The normalized spacial score (nSPS) is 18.3. The summed E-state index contributed by atoms with van der Waals surface area (Å²) in [5.74, 6) is 0.429. The van der Waals surface area contributed by atoms with E-state index in [4.69, 9.17) is 34.8 Å². The fourth-order valence-corrected chi connectivity index (χ4v) is 4.37. The number of carbonyl (C=O) groups excluding carboxylic acids is 1. The summed E-state index contributed by atoms with van der Waals surface area (Å²) in [5, 5.41) is 1.53. The summed E-state index contributed by atoms with van der Waals surface area (Å²) in [6, 6.07) is 12.5. The van der Waals surface area contributed by atoms with E-state index in [0.29, 0.717) is 20.8 Å². The molecule has 1 atom stereocenters. The van der Waals surface area contributed by atoms with Gasteiger partial charge in [-0.1, -0.05) is 40.9 Å². The molecule has 0 unspecified atom stereocenters. The van der Waals surface area contributed by atoms with Gasteiger partial charge in [-0.05, 0) is 36.4 Å². The van der Waals surface area contributed by atoms with Gasteiger partial charge in [-0.2, -0.15) is 0 Å². The molecule has 0 N–H and O–H groups in total. The fourth-order valence-electron chi connectivity index (χ4n) is 2.27. The molecule has 0 aromatic heterocycles. The zero-order valence-electron chi connectivity index (χ0n) is 10.7. The van der Waals surface area contributed by atoms with Crippen molar-refractivity contribution in [2.24, 2.45) is 0 Å². The number of amides is 1. The summed E-state index contributed by atoms with van der Waals surface area (Å²) in [6.07, 6.45) is 0. The second-order valence-electron chi connectivity index (χ2n) is 4.54. The number of rotatable bonds is 2. The van der Waals surface area contributed by atoms with E-state index >= 15 is 0 Å². The van der Waals surface area contributed by atoms with Crippen LogP contribution in [0.3, 0.4) is 0 Å². The van der Waals surface area contributed by atoms with Crippen LogP contribution in [0.5, 0.6) is 0 Å². The Morgan fingerprint density at radius 2 is 1.62 bits per heavy atom. The average Bonchev–Trinajstić information content (AvgIpc) is 2.82. The summed E-state index contributed by atoms with van der Waals surface area (Å²) >= 11 is 20.0. The Labute approximate surface area is 142 Å². The molecule has 0 spiro atoms. The van der Waals surface area contributed by atoms with Crippen LogP contribution in [0.25, 0.3) is 0 Å². The van der Waals surface area contributed by atoms with Crippen LogP contribution in [0.1, 0.15) is 10.9 Å². The summed E-state index contributed by atoms with van der Waals surface area (Å²) < 4.78 is 0. The van der Waals surface area contributed by atoms with Crippen LogP contribution in [0.2, 0.25) is 15.1 Å². The van der Waals surface area contributed by atoms with Gasteiger partial charge < -0.3 is 0 Å². The Balaban J connectivity index is 2.05. The van der Waals surface area contributed by atoms with Gasteiger partial charge in [0.2, 0.25) is 5.91 Å². The first-order chi connectivity index (χ1) is 10.1. The highest BCUT2D eigenvalue weighted by Gasteiger charge is 2.36. The van der Waals surface area contributed by atoms with E-state index in [1.54, 1.807) is 35.2 Å². The summed E-state index contributed by atoms with van der Waals surface area (Å²) in [7, 11) is 0. The minimum atomic E-state index is -0.222. The molecule has 3 rings (SSSR count). The lowest BCUT2D eigenvalue weighted by Crippen LogP contribution is -2.28. The maximum absolute atomic E-state index is 12.3. The van der Waals surface area contributed by atoms with Gasteiger partial charge in [0, 0.05) is 26.3 Å². The van der Waals surface area contributed by atoms with Gasteiger partial charge in [-0.3, -0.25) is 9.69 Å². The standard InChI is InChI=1S/C15H10Cl3NOS/c16-9-4-6-10(7-5-9)19-13(20)8-21-15(19)14-11(17)2-1-3-12(14)18/h1-7,15H,8H2/t15-/m1/s1. The van der Waals surface area contributed by atoms with Gasteiger partial charge in [0.25, 0.3) is 0 Å². The first-order valence-electron chi connectivity index (χ1n) is 6.21. The molecule has 2 aromatic carbocycles. The number of anilines is 1. The number of carbonyl (C=O) groups is 1. The third-order valence-corrected chi connectivity index (χ3v) is 5.31. The molecular formula is C15H10Cl3NOS. The molecule has 2 aromatic rings. The van der Waals surface area contributed by atoms with Gasteiger partial charge in [0.05, 0.1) is 5.75 Å². The lowest BCUT2D eigenvalue weighted by Gasteiger charge is -2.25. The van der Waals surface area contributed by atoms with Crippen molar-refractivity contribution in [3.8, 4) is 0 Å². The first-order valence-corrected chi connectivity index (χ1v) is 8.39. The Morgan fingerprint density at radius 1 is 1.00 bits per heavy atom. The summed E-state index contributed by atoms with van der Waals surface area (Å²) in [5.41, 5.74) is 1.56. The molecule has 0 aliphatic carbocycles. The van der Waals surface area contributed by atoms with Gasteiger partial charge in [-0.25, -0.2) is 0 Å². The zero-order valence-corrected chi connectivity index (χ0v) is 13.8. The molecule has 2 nitrogen and oxygen atoms in total. The van der Waals surface area contributed by atoms with Crippen molar-refractivity contribution in [3.63, 3.8) is 0 Å². The minimum absolute atomic E-state index is 0.0308. The lowest BCUT2D eigenvalue weighted by atomic mass is 10.2. The van der Waals surface area contributed by atoms with E-state index in [9.17, 15) is 4.79 Å². The number of nitrogens with zero attached hydrogens (tertiary/aromatic N) is 1. The fraction of sp³-hybridized carbons (Fsp3) is 0.133. The highest BCUT2D eigenvalue weighted by atomic mass is 35.5. The van der Waals surface area contributed by atoms with E-state index in [-0.39, 0.29) is 11.3 Å². The maximum atomic E-state index is 12.3. The van der Waals surface area contributed by atoms with Crippen molar-refractivity contribution in [2.45, 2.75) is 5.37 Å². The number of hydrogen-bond donors (Lipinski definition) is 0. The molecule has 0 radical (unpaired) electrons. The highest BCUT2D eigenvalue weighted by Crippen LogP contribution is 2.46. The van der Waals surface area contributed by atoms with Crippen molar-refractivity contribution in [3.05, 3.63) is 63.1 Å². The minimum Gasteiger partial charge on any atom is -0.295 e. The van der Waals surface area contributed by atoms with Crippen LogP contribution in [0.4, 0.5) is 5.69 Å². The second kappa shape index (κ2) is 6.09. The molecule has 1 aliphatic rings. The largest absolute Gasteiger partial charge is 0.295 e. The van der Waals surface area contributed by atoms with Crippen LogP contribution in [0, 0.1) is 0 Å². The van der Waals surface area contributed by atoms with Gasteiger partial charge >= 0.3 is 0 Å². The van der Waals surface area contributed by atoms with E-state index in [1.807, 2.05) is 12.1 Å². The first kappa shape index (κ1) is 15.0. The smallest absolute Gasteiger partial charge is 0.238 e. The number of halogens is 3. The molecule has 0 bridgehead atoms. The van der Waals surface area contributed by atoms with Crippen LogP contribution in [-0.4, -0.2) is 11.7 Å². The molecule has 1 fully saturated rings. The third kappa shape index (κ3) is 2.88. The number of hydrogen-bond acceptors (Lipinski definition) is 2. The predicted molar refractivity (Wildman–Crippen MR) is 90.6 cm³/mol. The Morgan fingerprint density at radius 3 is 2.24 bits per heavy atom. The molecule has 0 saturated carbocycles. The van der Waals surface area contributed by atoms with E-state index in [1.165, 1.54) is 11.8 Å². The van der Waals surface area contributed by atoms with Gasteiger partial charge in [0.15, 0.2) is 0 Å². The van der Waals surface area contributed by atoms with Crippen molar-refractivity contribution >= 4 is 58.2 Å². The second-order valence-corrected chi connectivity index (χ2v) is 6.86. The molecule has 108 valence electrons. The average molecular weight is 359 g/mol. The molecule has 1 amide bonds. The van der Waals surface area contributed by atoms with Crippen LogP contribution in [0.15, 0.2) is 42.5 Å². The van der Waals surface area contributed by atoms with Gasteiger partial charge in [-0.15, -0.1) is 11.8 Å². The lowest BCUT2D eigenvalue weighted by molar-refractivity contribution is -0.115. The van der Waals surface area contributed by atoms with E-state index in [0.717, 1.165) is 11.3 Å². The Bertz CT molecular complexity index is 670. The third-order valence-electron chi connectivity index (χ3n) is 3.22. The van der Waals surface area contributed by atoms with Crippen molar-refractivity contribution < 1.29 is 4.79 Å². The van der Waals surface area contributed by atoms with E-state index < -0.39 is 0 Å². The molecule has 1 heterocycles. The molecule has 21 heavy (non-hydrogen) atoms. The molecule has 1 saturated heterocycles. The Hall–Kier alpha value is -0.870. The van der Waals surface area contributed by atoms with Gasteiger partial charge in [0.1, 0.15) is 5.37 Å². The monoisotopic (exact) mass is 357 g/mol. The van der Waals surface area contributed by atoms with Crippen molar-refractivity contribution in [2.75, 3.05) is 10.7 Å². The van der Waals surface area contributed by atoms with Crippen LogP contribution < -0.4 is 4.90 Å². The zero-order chi connectivity index (χ0) is 15.0. The van der Waals surface area contributed by atoms with Crippen LogP contribution in [-0.2, 0) is 4.79 Å². The van der Waals surface area contributed by atoms with Crippen molar-refractivity contribution in [1.29, 1.82) is 0 Å². The molecule has 1 aliphatic heterocycles. The molecule has 6 heteroatoms. The van der Waals surface area contributed by atoms with E-state index in [2.05, 4.69) is 0 Å². The molecular weight excluding hydrogens is 349 g/mol. The highest BCUT2D eigenvalue weighted by molar-refractivity contribution is 8.00. The summed E-state index contributed by atoms with van der Waals surface area (Å²) in [6.45, 7) is 0. The quantitative estimate of drug-likeness (QED) is 0.714. The van der Waals surface area contributed by atoms with Crippen molar-refractivity contribution in [1.82, 2.24) is 0 Å². The maximum Gasteiger partial charge on any atom is 0.238 e.